The molecule has 6 nitrogen and oxygen atoms in total. The number of esters is 1. The lowest BCUT2D eigenvalue weighted by Gasteiger charge is -2.35. The molecule has 0 atom stereocenters. The Labute approximate surface area is 122 Å². The van der Waals surface area contributed by atoms with Gasteiger partial charge < -0.3 is 9.26 Å². The molecule has 6 heteroatoms. The Bertz CT molecular complexity index is 620. The number of nitrogens with zero attached hydrogens (tertiary/aromatic N) is 3. The summed E-state index contributed by atoms with van der Waals surface area (Å²) >= 11 is 0. The van der Waals surface area contributed by atoms with Crippen LogP contribution in [0.25, 0.3) is 0 Å². The van der Waals surface area contributed by atoms with Gasteiger partial charge in [0.15, 0.2) is 5.82 Å². The van der Waals surface area contributed by atoms with Crippen LogP contribution in [0.3, 0.4) is 0 Å². The first-order valence-corrected chi connectivity index (χ1v) is 7.14. The zero-order valence-electron chi connectivity index (χ0n) is 11.9. The molecule has 2 aromatic heterocycles. The molecular formula is C15H17N3O3. The number of rotatable bonds is 5. The van der Waals surface area contributed by atoms with E-state index in [1.54, 1.807) is 19.3 Å². The lowest BCUT2D eigenvalue weighted by atomic mass is 9.68. The summed E-state index contributed by atoms with van der Waals surface area (Å²) in [5, 5.41) is 3.98. The Morgan fingerprint density at radius 2 is 2.33 bits per heavy atom. The Morgan fingerprint density at radius 3 is 2.95 bits per heavy atom. The molecular weight excluding hydrogens is 270 g/mol. The lowest BCUT2D eigenvalue weighted by molar-refractivity contribution is -0.155. The lowest BCUT2D eigenvalue weighted by Crippen LogP contribution is -2.44. The molecule has 0 aromatic carbocycles. The molecule has 2 heterocycles. The van der Waals surface area contributed by atoms with Crippen LogP contribution >= 0.6 is 0 Å². The van der Waals surface area contributed by atoms with Crippen molar-refractivity contribution in [1.29, 1.82) is 0 Å². The van der Waals surface area contributed by atoms with Crippen LogP contribution in [0.1, 0.15) is 43.5 Å². The fraction of sp³-hybridized carbons (Fsp3) is 0.467. The monoisotopic (exact) mass is 287 g/mol. The quantitative estimate of drug-likeness (QED) is 0.783. The van der Waals surface area contributed by atoms with Gasteiger partial charge in [-0.05, 0) is 31.4 Å². The number of carbonyl (C=O) groups excluding carboxylic acids is 1. The van der Waals surface area contributed by atoms with Crippen molar-refractivity contribution in [1.82, 2.24) is 15.1 Å². The fourth-order valence-electron chi connectivity index (χ4n) is 2.51. The van der Waals surface area contributed by atoms with Crippen LogP contribution < -0.4 is 0 Å². The zero-order valence-corrected chi connectivity index (χ0v) is 11.9. The Hall–Kier alpha value is -2.24. The smallest absolute Gasteiger partial charge is 0.321 e. The molecule has 3 rings (SSSR count). The predicted octanol–water partition coefficient (Wildman–Crippen LogP) is 2.04. The summed E-state index contributed by atoms with van der Waals surface area (Å²) < 4.78 is 10.5. The maximum atomic E-state index is 12.2. The van der Waals surface area contributed by atoms with Gasteiger partial charge in [0.2, 0.25) is 5.89 Å². The second-order valence-corrected chi connectivity index (χ2v) is 5.21. The third-order valence-corrected chi connectivity index (χ3v) is 3.84. The van der Waals surface area contributed by atoms with E-state index in [2.05, 4.69) is 15.1 Å². The van der Waals surface area contributed by atoms with E-state index in [0.29, 0.717) is 37.6 Å². The first-order chi connectivity index (χ1) is 10.2. The highest BCUT2D eigenvalue weighted by Gasteiger charge is 2.51. The summed E-state index contributed by atoms with van der Waals surface area (Å²) in [5.41, 5.74) is 0.277. The number of hydrogen-bond donors (Lipinski definition) is 0. The molecule has 1 fully saturated rings. The molecule has 0 amide bonds. The Kier molecular flexibility index (Phi) is 3.68. The van der Waals surface area contributed by atoms with Gasteiger partial charge in [-0.3, -0.25) is 9.78 Å². The van der Waals surface area contributed by atoms with Crippen molar-refractivity contribution in [2.75, 3.05) is 6.61 Å². The van der Waals surface area contributed by atoms with Crippen molar-refractivity contribution in [2.45, 2.75) is 38.0 Å². The molecule has 1 aliphatic carbocycles. The molecule has 0 bridgehead atoms. The van der Waals surface area contributed by atoms with Crippen molar-refractivity contribution in [3.8, 4) is 0 Å². The molecule has 2 aromatic rings. The normalized spacial score (nSPS) is 16.2. The highest BCUT2D eigenvalue weighted by molar-refractivity contribution is 5.83. The van der Waals surface area contributed by atoms with Gasteiger partial charge in [-0.15, -0.1) is 0 Å². The van der Waals surface area contributed by atoms with Crippen molar-refractivity contribution < 1.29 is 14.1 Å². The predicted molar refractivity (Wildman–Crippen MR) is 73.5 cm³/mol. The van der Waals surface area contributed by atoms with E-state index in [0.717, 1.165) is 12.0 Å². The molecule has 1 saturated carbocycles. The van der Waals surface area contributed by atoms with Crippen molar-refractivity contribution in [3.05, 3.63) is 41.8 Å². The molecule has 110 valence electrons. The van der Waals surface area contributed by atoms with Crippen LogP contribution in [0.4, 0.5) is 0 Å². The highest BCUT2D eigenvalue weighted by Crippen LogP contribution is 2.44. The third kappa shape index (κ3) is 2.53. The molecule has 0 radical (unpaired) electrons. The van der Waals surface area contributed by atoms with E-state index < -0.39 is 5.41 Å². The second kappa shape index (κ2) is 5.63. The average molecular weight is 287 g/mol. The van der Waals surface area contributed by atoms with Gasteiger partial charge in [-0.25, -0.2) is 0 Å². The van der Waals surface area contributed by atoms with E-state index in [1.165, 1.54) is 0 Å². The van der Waals surface area contributed by atoms with E-state index in [-0.39, 0.29) is 5.97 Å². The molecule has 1 aliphatic rings. The Morgan fingerprint density at radius 1 is 1.48 bits per heavy atom. The maximum Gasteiger partial charge on any atom is 0.321 e. The van der Waals surface area contributed by atoms with Gasteiger partial charge in [0.25, 0.3) is 0 Å². The van der Waals surface area contributed by atoms with Crippen LogP contribution in [-0.4, -0.2) is 27.7 Å². The summed E-state index contributed by atoms with van der Waals surface area (Å²) in [5.74, 6) is 0.687. The highest BCUT2D eigenvalue weighted by atomic mass is 16.5. The Balaban J connectivity index is 1.79. The second-order valence-electron chi connectivity index (χ2n) is 5.21. The van der Waals surface area contributed by atoms with Gasteiger partial charge >= 0.3 is 5.97 Å². The summed E-state index contributed by atoms with van der Waals surface area (Å²) in [4.78, 5) is 20.6. The van der Waals surface area contributed by atoms with Gasteiger partial charge in [0, 0.05) is 18.8 Å². The molecule has 0 N–H and O–H groups in total. The minimum Gasteiger partial charge on any atom is -0.465 e. The molecule has 21 heavy (non-hydrogen) atoms. The van der Waals surface area contributed by atoms with E-state index >= 15 is 0 Å². The minimum absolute atomic E-state index is 0.257. The average Bonchev–Trinajstić information content (AvgIpc) is 2.88. The molecule has 0 saturated heterocycles. The number of hydrogen-bond acceptors (Lipinski definition) is 6. The molecule has 0 unspecified atom stereocenters. The van der Waals surface area contributed by atoms with Crippen molar-refractivity contribution in [3.63, 3.8) is 0 Å². The van der Waals surface area contributed by atoms with Gasteiger partial charge in [-0.1, -0.05) is 17.6 Å². The molecule has 0 spiro atoms. The SMILES string of the molecule is CCOC(=O)C1(c2nc(Cc3cccnc3)no2)CCC1. The topological polar surface area (TPSA) is 78.1 Å². The van der Waals surface area contributed by atoms with Crippen LogP contribution in [0.5, 0.6) is 0 Å². The summed E-state index contributed by atoms with van der Waals surface area (Å²) in [6.45, 7) is 2.16. The van der Waals surface area contributed by atoms with E-state index in [9.17, 15) is 4.79 Å². The minimum atomic E-state index is -0.726. The maximum absolute atomic E-state index is 12.2. The van der Waals surface area contributed by atoms with E-state index in [1.807, 2.05) is 12.1 Å². The number of aromatic nitrogens is 3. The summed E-state index contributed by atoms with van der Waals surface area (Å²) in [6, 6.07) is 3.82. The van der Waals surface area contributed by atoms with Crippen molar-refractivity contribution in [2.24, 2.45) is 0 Å². The summed E-state index contributed by atoms with van der Waals surface area (Å²) in [6.07, 6.45) is 6.41. The number of pyridine rings is 1. The standard InChI is InChI=1S/C15H17N3O3/c1-2-20-14(19)15(6-4-7-15)13-17-12(18-21-13)9-11-5-3-8-16-10-11/h3,5,8,10H,2,4,6-7,9H2,1H3. The zero-order chi connectivity index (χ0) is 14.7. The van der Waals surface area contributed by atoms with Gasteiger partial charge in [0.05, 0.1) is 6.61 Å². The van der Waals surface area contributed by atoms with Crippen LogP contribution in [0.2, 0.25) is 0 Å². The number of ether oxygens (including phenoxy) is 1. The van der Waals surface area contributed by atoms with Crippen LogP contribution in [-0.2, 0) is 21.4 Å². The van der Waals surface area contributed by atoms with Gasteiger partial charge in [-0.2, -0.15) is 4.98 Å². The first-order valence-electron chi connectivity index (χ1n) is 7.14. The third-order valence-electron chi connectivity index (χ3n) is 3.84. The van der Waals surface area contributed by atoms with Crippen LogP contribution in [0.15, 0.2) is 29.0 Å². The molecule has 0 aliphatic heterocycles. The number of carbonyl (C=O) groups is 1. The van der Waals surface area contributed by atoms with Crippen molar-refractivity contribution >= 4 is 5.97 Å². The van der Waals surface area contributed by atoms with E-state index in [4.69, 9.17) is 9.26 Å². The van der Waals surface area contributed by atoms with Gasteiger partial charge in [0.1, 0.15) is 5.41 Å². The van der Waals surface area contributed by atoms with Crippen LogP contribution in [0, 0.1) is 0 Å². The fourth-order valence-corrected chi connectivity index (χ4v) is 2.51. The summed E-state index contributed by atoms with van der Waals surface area (Å²) in [7, 11) is 0. The first kappa shape index (κ1) is 13.7. The largest absolute Gasteiger partial charge is 0.465 e.